The Hall–Kier alpha value is -2.22. The predicted molar refractivity (Wildman–Crippen MR) is 92.3 cm³/mol. The summed E-state index contributed by atoms with van der Waals surface area (Å²) in [6, 6.07) is 4.88. The Labute approximate surface area is 149 Å². The fourth-order valence-corrected chi connectivity index (χ4v) is 2.87. The first-order chi connectivity index (χ1) is 12.0. The molecule has 0 aliphatic heterocycles. The lowest BCUT2D eigenvalue weighted by Gasteiger charge is -1.97. The zero-order valence-electron chi connectivity index (χ0n) is 14.3. The topological polar surface area (TPSA) is 77.8 Å². The second-order valence-electron chi connectivity index (χ2n) is 6.17. The van der Waals surface area contributed by atoms with Crippen molar-refractivity contribution in [3.8, 4) is 11.4 Å². The molecule has 0 saturated heterocycles. The minimum Gasteiger partial charge on any atom is -0.338 e. The van der Waals surface area contributed by atoms with Crippen molar-refractivity contribution in [2.24, 2.45) is 5.92 Å². The van der Waals surface area contributed by atoms with Crippen LogP contribution in [-0.2, 0) is 17.9 Å². The molecule has 0 unspecified atom stereocenters. The van der Waals surface area contributed by atoms with Gasteiger partial charge >= 0.3 is 0 Å². The molecule has 3 rings (SSSR count). The number of hydrogen-bond acceptors (Lipinski definition) is 7. The molecule has 25 heavy (non-hydrogen) atoms. The van der Waals surface area contributed by atoms with Crippen LogP contribution in [0.5, 0.6) is 0 Å². The average Bonchev–Trinajstić information content (AvgIpc) is 3.19. The molecule has 3 aromatic rings. The molecule has 2 aromatic heterocycles. The second-order valence-corrected chi connectivity index (χ2v) is 7.16. The molecule has 0 fully saturated rings. The third kappa shape index (κ3) is 4.66. The van der Waals surface area contributed by atoms with E-state index < -0.39 is 0 Å². The summed E-state index contributed by atoms with van der Waals surface area (Å²) < 4.78 is 24.1. The summed E-state index contributed by atoms with van der Waals surface area (Å²) in [6.07, 6.45) is 0.800. The van der Waals surface area contributed by atoms with E-state index in [4.69, 9.17) is 9.05 Å². The molecule has 0 aliphatic rings. The third-order valence-corrected chi connectivity index (χ3v) is 4.35. The van der Waals surface area contributed by atoms with Crippen molar-refractivity contribution in [3.05, 3.63) is 47.2 Å². The largest absolute Gasteiger partial charge is 0.338 e. The van der Waals surface area contributed by atoms with E-state index in [0.29, 0.717) is 46.2 Å². The van der Waals surface area contributed by atoms with Crippen LogP contribution in [0.25, 0.3) is 11.4 Å². The van der Waals surface area contributed by atoms with Gasteiger partial charge in [-0.15, -0.1) is 11.8 Å². The monoisotopic (exact) mass is 362 g/mol. The van der Waals surface area contributed by atoms with Crippen LogP contribution in [-0.4, -0.2) is 20.3 Å². The Morgan fingerprint density at radius 2 is 1.80 bits per heavy atom. The van der Waals surface area contributed by atoms with Gasteiger partial charge in [-0.1, -0.05) is 36.3 Å². The van der Waals surface area contributed by atoms with E-state index in [-0.39, 0.29) is 5.82 Å². The average molecular weight is 362 g/mol. The maximum atomic E-state index is 13.6. The molecule has 8 heteroatoms. The van der Waals surface area contributed by atoms with Crippen LogP contribution < -0.4 is 0 Å². The van der Waals surface area contributed by atoms with Crippen LogP contribution in [0, 0.1) is 18.7 Å². The van der Waals surface area contributed by atoms with Gasteiger partial charge in [0.25, 0.3) is 0 Å². The van der Waals surface area contributed by atoms with E-state index in [9.17, 15) is 4.39 Å². The van der Waals surface area contributed by atoms with E-state index in [1.807, 2.05) is 0 Å². The summed E-state index contributed by atoms with van der Waals surface area (Å²) in [6.45, 7) is 5.93. The number of thioether (sulfide) groups is 1. The van der Waals surface area contributed by atoms with Crippen LogP contribution in [0.15, 0.2) is 27.2 Å². The molecular weight excluding hydrogens is 343 g/mol. The summed E-state index contributed by atoms with van der Waals surface area (Å²) in [7, 11) is 0. The molecule has 0 aliphatic carbocycles. The molecule has 132 valence electrons. The van der Waals surface area contributed by atoms with E-state index in [0.717, 1.165) is 12.2 Å². The number of rotatable bonds is 7. The van der Waals surface area contributed by atoms with E-state index >= 15 is 0 Å². The molecule has 0 radical (unpaired) electrons. The van der Waals surface area contributed by atoms with Gasteiger partial charge in [0, 0.05) is 12.0 Å². The highest BCUT2D eigenvalue weighted by atomic mass is 32.2. The lowest BCUT2D eigenvalue weighted by Crippen LogP contribution is -1.96. The van der Waals surface area contributed by atoms with Crippen molar-refractivity contribution in [1.29, 1.82) is 0 Å². The summed E-state index contributed by atoms with van der Waals surface area (Å²) in [5, 5.41) is 7.86. The quantitative estimate of drug-likeness (QED) is 0.623. The Kier molecular flexibility index (Phi) is 5.47. The van der Waals surface area contributed by atoms with E-state index in [1.165, 1.54) is 17.8 Å². The smallest absolute Gasteiger partial charge is 0.236 e. The van der Waals surface area contributed by atoms with Gasteiger partial charge in [-0.3, -0.25) is 0 Å². The Morgan fingerprint density at radius 3 is 2.52 bits per heavy atom. The van der Waals surface area contributed by atoms with Crippen LogP contribution >= 0.6 is 11.8 Å². The molecule has 0 spiro atoms. The predicted octanol–water partition coefficient (Wildman–Crippen LogP) is 4.20. The van der Waals surface area contributed by atoms with Crippen LogP contribution in [0.1, 0.15) is 37.0 Å². The van der Waals surface area contributed by atoms with Gasteiger partial charge in [0.2, 0.25) is 17.6 Å². The summed E-state index contributed by atoms with van der Waals surface area (Å²) in [4.78, 5) is 8.64. The molecule has 6 nitrogen and oxygen atoms in total. The first-order valence-electron chi connectivity index (χ1n) is 7.99. The van der Waals surface area contributed by atoms with Crippen molar-refractivity contribution in [2.75, 3.05) is 0 Å². The van der Waals surface area contributed by atoms with Gasteiger partial charge in [0.05, 0.1) is 11.5 Å². The standard InChI is InChI=1S/C17H19FN4O2S/c1-10(2)6-14-19-15(23-21-14)8-25-9-16-20-17(22-24-16)12-5-4-11(3)13(18)7-12/h4-5,7,10H,6,8-9H2,1-3H3. The fourth-order valence-electron chi connectivity index (χ4n) is 2.19. The van der Waals surface area contributed by atoms with E-state index in [2.05, 4.69) is 34.1 Å². The van der Waals surface area contributed by atoms with Crippen molar-refractivity contribution < 1.29 is 13.4 Å². The van der Waals surface area contributed by atoms with Crippen molar-refractivity contribution in [3.63, 3.8) is 0 Å². The number of hydrogen-bond donors (Lipinski definition) is 0. The molecule has 2 heterocycles. The molecule has 0 amide bonds. The molecule has 0 saturated carbocycles. The molecule has 1 aromatic carbocycles. The van der Waals surface area contributed by atoms with Gasteiger partial charge in [0.15, 0.2) is 5.82 Å². The van der Waals surface area contributed by atoms with Gasteiger partial charge in [-0.05, 0) is 24.5 Å². The van der Waals surface area contributed by atoms with Gasteiger partial charge in [-0.2, -0.15) is 9.97 Å². The van der Waals surface area contributed by atoms with E-state index in [1.54, 1.807) is 19.1 Å². The Balaban J connectivity index is 1.55. The van der Waals surface area contributed by atoms with Crippen molar-refractivity contribution >= 4 is 11.8 Å². The van der Waals surface area contributed by atoms with Crippen molar-refractivity contribution in [1.82, 2.24) is 20.3 Å². The number of benzene rings is 1. The van der Waals surface area contributed by atoms with Gasteiger partial charge in [-0.25, -0.2) is 4.39 Å². The highest BCUT2D eigenvalue weighted by Gasteiger charge is 2.12. The number of aryl methyl sites for hydroxylation is 1. The molecule has 0 N–H and O–H groups in total. The lowest BCUT2D eigenvalue weighted by molar-refractivity contribution is 0.381. The van der Waals surface area contributed by atoms with Crippen LogP contribution in [0.2, 0.25) is 0 Å². The van der Waals surface area contributed by atoms with Gasteiger partial charge in [0.1, 0.15) is 5.82 Å². The Morgan fingerprint density at radius 1 is 1.08 bits per heavy atom. The molecular formula is C17H19FN4O2S. The third-order valence-electron chi connectivity index (χ3n) is 3.45. The Bertz CT molecular complexity index is 847. The second kappa shape index (κ2) is 7.77. The minimum atomic E-state index is -0.285. The fraction of sp³-hybridized carbons (Fsp3) is 0.412. The lowest BCUT2D eigenvalue weighted by atomic mass is 10.1. The first kappa shape index (κ1) is 17.6. The number of nitrogens with zero attached hydrogens (tertiary/aromatic N) is 4. The van der Waals surface area contributed by atoms with Crippen LogP contribution in [0.4, 0.5) is 4.39 Å². The van der Waals surface area contributed by atoms with Gasteiger partial charge < -0.3 is 9.05 Å². The minimum absolute atomic E-state index is 0.285. The first-order valence-corrected chi connectivity index (χ1v) is 9.15. The maximum Gasteiger partial charge on any atom is 0.236 e. The summed E-state index contributed by atoms with van der Waals surface area (Å²) in [5.41, 5.74) is 1.18. The highest BCUT2D eigenvalue weighted by molar-refractivity contribution is 7.97. The molecule has 0 atom stereocenters. The number of halogens is 1. The van der Waals surface area contributed by atoms with Crippen molar-refractivity contribution in [2.45, 2.75) is 38.7 Å². The summed E-state index contributed by atoms with van der Waals surface area (Å²) >= 11 is 1.54. The normalized spacial score (nSPS) is 11.4. The number of aromatic nitrogens is 4. The molecule has 0 bridgehead atoms. The maximum absolute atomic E-state index is 13.6. The highest BCUT2D eigenvalue weighted by Crippen LogP contribution is 2.21. The zero-order chi connectivity index (χ0) is 17.8. The zero-order valence-corrected chi connectivity index (χ0v) is 15.1. The summed E-state index contributed by atoms with van der Waals surface area (Å²) in [5.74, 6) is 3.46. The van der Waals surface area contributed by atoms with Crippen LogP contribution in [0.3, 0.4) is 0 Å². The SMILES string of the molecule is Cc1ccc(-c2noc(CSCc3nc(CC(C)C)no3)n2)cc1F.